The number of methoxy groups -OCH3 is 2. The second-order valence-corrected chi connectivity index (χ2v) is 12.8. The molecule has 9 nitrogen and oxygen atoms in total. The molecular weight excluding hydrogens is 686 g/mol. The van der Waals surface area contributed by atoms with Gasteiger partial charge in [0.05, 0.1) is 23.6 Å². The topological polar surface area (TPSA) is 114 Å². The zero-order valence-electron chi connectivity index (χ0n) is 42.7. The summed E-state index contributed by atoms with van der Waals surface area (Å²) < 4.78 is 161. The fourth-order valence-corrected chi connectivity index (χ4v) is 4.60. The number of nitrogens with zero attached hydrogens (tertiary/aromatic N) is 1. The van der Waals surface area contributed by atoms with Gasteiger partial charge in [0.25, 0.3) is 5.69 Å². The van der Waals surface area contributed by atoms with Crippen molar-refractivity contribution < 1.29 is 58.1 Å². The molecule has 0 atom stereocenters. The van der Waals surface area contributed by atoms with Gasteiger partial charge < -0.3 is 18.9 Å². The summed E-state index contributed by atoms with van der Waals surface area (Å²) in [5, 5.41) is 11.8. The Morgan fingerprint density at radius 3 is 1.53 bits per heavy atom. The van der Waals surface area contributed by atoms with Gasteiger partial charge in [-0.25, -0.2) is 9.59 Å². The van der Waals surface area contributed by atoms with Crippen LogP contribution in [0.2, 0.25) is 0 Å². The van der Waals surface area contributed by atoms with Crippen molar-refractivity contribution in [3.05, 3.63) is 59.5 Å². The molecule has 0 N–H and O–H groups in total. The molecule has 0 unspecified atom stereocenters. The van der Waals surface area contributed by atoms with Gasteiger partial charge in [0.1, 0.15) is 4.47 Å². The fourth-order valence-electron chi connectivity index (χ4n) is 3.41. The molecule has 0 spiro atoms. The number of hydrogen-bond acceptors (Lipinski definition) is 8. The molecule has 2 rings (SSSR count). The van der Waals surface area contributed by atoms with Crippen molar-refractivity contribution in [2.24, 2.45) is 0 Å². The van der Waals surface area contributed by atoms with Crippen molar-refractivity contribution in [2.75, 3.05) is 14.2 Å². The molecular formula is C32H45Br2NO8. The highest BCUT2D eigenvalue weighted by Crippen LogP contribution is 2.47. The smallest absolute Gasteiger partial charge is 0.437 e. The lowest BCUT2D eigenvalue weighted by molar-refractivity contribution is -0.386. The van der Waals surface area contributed by atoms with E-state index in [2.05, 4.69) is 41.3 Å². The Hall–Kier alpha value is -2.66. The van der Waals surface area contributed by atoms with Crippen LogP contribution in [0.4, 0.5) is 15.3 Å². The SMILES string of the molecule is [2H]C([2H])([2H])C(c1cc(C(C)(C)C)c([N+](=O)[O-])c(Br)c1OC(=O)OC)(C([2H])([2H])[2H])C([2H])([2H])[2H].[2H]C([2H])([2H])C(c1cc(C(C)(C)C)cc(Br)c1OC(=O)OC)(C([2H])([2H])[2H])C([2H])([2H])[2H]. The third kappa shape index (κ3) is 10.2. The molecule has 0 heterocycles. The van der Waals surface area contributed by atoms with E-state index in [0.29, 0.717) is 5.56 Å². The summed E-state index contributed by atoms with van der Waals surface area (Å²) >= 11 is 6.06. The summed E-state index contributed by atoms with van der Waals surface area (Å²) in [5.74, 6) is -1.48. The molecule has 0 saturated heterocycles. The van der Waals surface area contributed by atoms with Crippen LogP contribution < -0.4 is 9.47 Å². The summed E-state index contributed by atoms with van der Waals surface area (Å²) in [7, 11) is 1.89. The van der Waals surface area contributed by atoms with Crippen LogP contribution >= 0.6 is 31.9 Å². The average molecular weight is 750 g/mol. The summed E-state index contributed by atoms with van der Waals surface area (Å²) in [6.07, 6.45) is -2.73. The standard InChI is InChI=1S/C16H22BrNO5.C16H23BrO3/c1-15(2,3)9-8-10(16(4,5)6)13(23-14(19)22-7)11(17)12(9)18(20)21;1-15(2,3)10-8-11(16(4,5)6)13(12(17)9-10)20-14(18)19-7/h8H,1-7H3;8-9H,1-7H3/i2*4D3,5D3,6D3. The van der Waals surface area contributed by atoms with Gasteiger partial charge in [-0.2, -0.15) is 0 Å². The van der Waals surface area contributed by atoms with Gasteiger partial charge in [0.2, 0.25) is 0 Å². The van der Waals surface area contributed by atoms with Crippen LogP contribution in [0.25, 0.3) is 0 Å². The van der Waals surface area contributed by atoms with Crippen molar-refractivity contribution in [3.8, 4) is 11.5 Å². The van der Waals surface area contributed by atoms with E-state index in [1.807, 2.05) is 0 Å². The molecule has 11 heteroatoms. The Kier molecular flexibility index (Phi) is 5.96. The number of ether oxygens (including phenoxy) is 4. The lowest BCUT2D eigenvalue weighted by Gasteiger charge is -2.27. The molecule has 0 aromatic heterocycles. The van der Waals surface area contributed by atoms with Crippen LogP contribution in [-0.4, -0.2) is 31.5 Å². The summed E-state index contributed by atoms with van der Waals surface area (Å²) in [4.78, 5) is 34.6. The van der Waals surface area contributed by atoms with Gasteiger partial charge >= 0.3 is 12.3 Å². The van der Waals surface area contributed by atoms with E-state index < -0.39 is 113 Å². The highest BCUT2D eigenvalue weighted by atomic mass is 79.9. The van der Waals surface area contributed by atoms with E-state index in [0.717, 1.165) is 26.4 Å². The van der Waals surface area contributed by atoms with E-state index >= 15 is 0 Å². The first kappa shape index (κ1) is 18.3. The van der Waals surface area contributed by atoms with Crippen LogP contribution in [0.15, 0.2) is 27.1 Å². The van der Waals surface area contributed by atoms with E-state index in [-0.39, 0.29) is 10.0 Å². The summed E-state index contributed by atoms with van der Waals surface area (Å²) in [6.45, 7) is -11.7. The molecule has 0 aliphatic heterocycles. The number of nitro benzene ring substituents is 1. The lowest BCUT2D eigenvalue weighted by Crippen LogP contribution is -2.21. The van der Waals surface area contributed by atoms with E-state index in [1.54, 1.807) is 20.8 Å². The van der Waals surface area contributed by atoms with Crippen LogP contribution in [0.1, 0.15) is 130 Å². The molecule has 0 aliphatic rings. The number of rotatable bonds is 3. The maximum atomic E-state index is 11.9. The maximum absolute atomic E-state index is 11.9. The van der Waals surface area contributed by atoms with Crippen LogP contribution in [-0.2, 0) is 31.1 Å². The number of carbonyl (C=O) groups is 2. The zero-order chi connectivity index (χ0) is 48.9. The highest BCUT2D eigenvalue weighted by molar-refractivity contribution is 9.11. The van der Waals surface area contributed by atoms with Gasteiger partial charge in [-0.05, 0) is 71.2 Å². The molecule has 0 fully saturated rings. The number of hydrogen-bond donors (Lipinski definition) is 0. The first-order valence-corrected chi connectivity index (χ1v) is 13.7. The predicted octanol–water partition coefficient (Wildman–Crippen LogP) is 10.3. The van der Waals surface area contributed by atoms with Gasteiger partial charge in [0.15, 0.2) is 11.5 Å². The lowest BCUT2D eigenvalue weighted by atomic mass is 9.79. The monoisotopic (exact) mass is 747 g/mol. The number of benzene rings is 2. The fraction of sp³-hybridized carbons (Fsp3) is 0.562. The predicted molar refractivity (Wildman–Crippen MR) is 176 cm³/mol. The molecule has 0 bridgehead atoms. The van der Waals surface area contributed by atoms with Crippen molar-refractivity contribution >= 4 is 49.9 Å². The Bertz CT molecular complexity index is 1900. The normalized spacial score (nSPS) is 20.0. The molecule has 240 valence electrons. The second-order valence-electron chi connectivity index (χ2n) is 11.2. The van der Waals surface area contributed by atoms with Crippen LogP contribution in [0.3, 0.4) is 0 Å². The van der Waals surface area contributed by atoms with E-state index in [9.17, 15) is 19.7 Å². The highest BCUT2D eigenvalue weighted by Gasteiger charge is 2.35. The minimum Gasteiger partial charge on any atom is -0.437 e. The Morgan fingerprint density at radius 1 is 0.721 bits per heavy atom. The second kappa shape index (κ2) is 14.0. The molecule has 2 aromatic rings. The van der Waals surface area contributed by atoms with Crippen LogP contribution in [0.5, 0.6) is 11.5 Å². The third-order valence-corrected chi connectivity index (χ3v) is 6.93. The average Bonchev–Trinajstić information content (AvgIpc) is 2.98. The van der Waals surface area contributed by atoms with Crippen molar-refractivity contribution in [1.29, 1.82) is 0 Å². The Labute approximate surface area is 297 Å². The Balaban J connectivity index is 0.000000613. The molecule has 0 aliphatic carbocycles. The van der Waals surface area contributed by atoms with Crippen molar-refractivity contribution in [1.82, 2.24) is 0 Å². The first-order chi connectivity index (χ1) is 26.8. The van der Waals surface area contributed by atoms with Crippen LogP contribution in [0, 0.1) is 10.1 Å². The quantitative estimate of drug-likeness (QED) is 0.132. The Morgan fingerprint density at radius 2 is 1.16 bits per heavy atom. The van der Waals surface area contributed by atoms with Gasteiger partial charge in [0, 0.05) is 41.4 Å². The summed E-state index contributed by atoms with van der Waals surface area (Å²) in [6, 6.07) is 3.46. The number of carbonyl (C=O) groups excluding carboxylic acids is 2. The van der Waals surface area contributed by atoms with Gasteiger partial charge in [-0.15, -0.1) is 0 Å². The third-order valence-electron chi connectivity index (χ3n) is 5.61. The number of halogens is 2. The maximum Gasteiger partial charge on any atom is 0.513 e. The summed E-state index contributed by atoms with van der Waals surface area (Å²) in [5.41, 5.74) is -10.6. The van der Waals surface area contributed by atoms with Crippen molar-refractivity contribution in [2.45, 2.75) is 104 Å². The first-order valence-electron chi connectivity index (χ1n) is 21.1. The molecule has 0 radical (unpaired) electrons. The van der Waals surface area contributed by atoms with E-state index in [4.69, 9.17) is 34.1 Å². The minimum absolute atomic E-state index is 0.0208. The largest absolute Gasteiger partial charge is 0.513 e. The molecule has 0 saturated carbocycles. The van der Waals surface area contributed by atoms with Gasteiger partial charge in [-0.3, -0.25) is 10.1 Å². The van der Waals surface area contributed by atoms with E-state index in [1.165, 1.54) is 26.8 Å². The zero-order valence-corrected chi connectivity index (χ0v) is 27.9. The molecule has 2 aromatic carbocycles. The van der Waals surface area contributed by atoms with Gasteiger partial charge in [-0.1, -0.05) is 88.7 Å². The molecule has 43 heavy (non-hydrogen) atoms. The number of nitro groups is 1. The van der Waals surface area contributed by atoms with Crippen molar-refractivity contribution in [3.63, 3.8) is 0 Å². The minimum atomic E-state index is -3.69. The molecule has 0 amide bonds.